The molecule has 0 radical (unpaired) electrons. The molecule has 0 spiro atoms. The predicted molar refractivity (Wildman–Crippen MR) is 60.1 cm³/mol. The van der Waals surface area contributed by atoms with Crippen LogP contribution in [0.4, 0.5) is 5.82 Å². The van der Waals surface area contributed by atoms with E-state index in [9.17, 15) is 0 Å². The molecule has 2 rings (SSSR count). The molecule has 0 saturated carbocycles. The predicted octanol–water partition coefficient (Wildman–Crippen LogP) is 2.67. The highest BCUT2D eigenvalue weighted by Crippen LogP contribution is 2.29. The summed E-state index contributed by atoms with van der Waals surface area (Å²) in [5.74, 6) is 2.31. The van der Waals surface area contributed by atoms with E-state index >= 15 is 0 Å². The van der Waals surface area contributed by atoms with E-state index in [1.54, 1.807) is 0 Å². The summed E-state index contributed by atoms with van der Waals surface area (Å²) in [6.07, 6.45) is 1.30. The zero-order valence-corrected chi connectivity index (χ0v) is 9.98. The van der Waals surface area contributed by atoms with Crippen LogP contribution < -0.4 is 4.90 Å². The first-order chi connectivity index (χ1) is 6.66. The van der Waals surface area contributed by atoms with Crippen molar-refractivity contribution < 1.29 is 0 Å². The highest BCUT2D eigenvalue weighted by Gasteiger charge is 2.25. The van der Waals surface area contributed by atoms with Gasteiger partial charge in [-0.3, -0.25) is 0 Å². The van der Waals surface area contributed by atoms with E-state index in [0.29, 0.717) is 5.15 Å². The molecular formula is C9H14ClN3S. The van der Waals surface area contributed by atoms with Gasteiger partial charge in [0.1, 0.15) is 0 Å². The van der Waals surface area contributed by atoms with Gasteiger partial charge in [0.25, 0.3) is 0 Å². The Labute approximate surface area is 93.4 Å². The molecule has 1 aliphatic heterocycles. The average molecular weight is 232 g/mol. The molecule has 2 atom stereocenters. The first-order valence-electron chi connectivity index (χ1n) is 4.90. The molecular weight excluding hydrogens is 218 g/mol. The number of hydrogen-bond donors (Lipinski definition) is 0. The molecule has 0 aliphatic carbocycles. The lowest BCUT2D eigenvalue weighted by molar-refractivity contribution is 0.355. The van der Waals surface area contributed by atoms with Crippen LogP contribution in [0.2, 0.25) is 5.15 Å². The Kier molecular flexibility index (Phi) is 2.93. The van der Waals surface area contributed by atoms with Crippen molar-refractivity contribution in [3.63, 3.8) is 0 Å². The second-order valence-electron chi connectivity index (χ2n) is 4.23. The SMILES string of the molecule is C[C@H]1C[C@H](C)CN(c2nsnc2Cl)C1. The third-order valence-electron chi connectivity index (χ3n) is 2.60. The lowest BCUT2D eigenvalue weighted by Gasteiger charge is -2.34. The van der Waals surface area contributed by atoms with Gasteiger partial charge in [-0.1, -0.05) is 25.4 Å². The largest absolute Gasteiger partial charge is 0.353 e. The van der Waals surface area contributed by atoms with Crippen molar-refractivity contribution in [3.8, 4) is 0 Å². The Balaban J connectivity index is 2.15. The van der Waals surface area contributed by atoms with Gasteiger partial charge in [0.2, 0.25) is 0 Å². The Morgan fingerprint density at radius 3 is 2.43 bits per heavy atom. The molecule has 0 unspecified atom stereocenters. The Bertz CT molecular complexity index is 305. The summed E-state index contributed by atoms with van der Waals surface area (Å²) < 4.78 is 8.23. The fourth-order valence-electron chi connectivity index (χ4n) is 2.20. The number of anilines is 1. The van der Waals surface area contributed by atoms with E-state index in [1.807, 2.05) is 0 Å². The quantitative estimate of drug-likeness (QED) is 0.744. The number of rotatable bonds is 1. The number of piperidine rings is 1. The van der Waals surface area contributed by atoms with Crippen molar-refractivity contribution in [2.24, 2.45) is 11.8 Å². The Morgan fingerprint density at radius 2 is 1.93 bits per heavy atom. The van der Waals surface area contributed by atoms with Crippen molar-refractivity contribution in [2.45, 2.75) is 20.3 Å². The van der Waals surface area contributed by atoms with Crippen LogP contribution in [0.1, 0.15) is 20.3 Å². The molecule has 14 heavy (non-hydrogen) atoms. The minimum Gasteiger partial charge on any atom is -0.353 e. The van der Waals surface area contributed by atoms with Crippen LogP contribution in [0.3, 0.4) is 0 Å². The highest BCUT2D eigenvalue weighted by atomic mass is 35.5. The maximum absolute atomic E-state index is 5.96. The second-order valence-corrected chi connectivity index (χ2v) is 5.12. The topological polar surface area (TPSA) is 29.0 Å². The van der Waals surface area contributed by atoms with Gasteiger partial charge in [0.05, 0.1) is 11.7 Å². The molecule has 0 amide bonds. The maximum Gasteiger partial charge on any atom is 0.187 e. The normalized spacial score (nSPS) is 28.1. The van der Waals surface area contributed by atoms with Crippen LogP contribution in [0.5, 0.6) is 0 Å². The summed E-state index contributed by atoms with van der Waals surface area (Å²) >= 11 is 7.15. The van der Waals surface area contributed by atoms with Crippen molar-refractivity contribution in [1.29, 1.82) is 0 Å². The van der Waals surface area contributed by atoms with Crippen LogP contribution in [-0.4, -0.2) is 21.8 Å². The molecule has 0 N–H and O–H groups in total. The third-order valence-corrected chi connectivity index (χ3v) is 3.47. The summed E-state index contributed by atoms with van der Waals surface area (Å²) in [6.45, 7) is 6.65. The molecule has 0 aromatic carbocycles. The molecule has 2 heterocycles. The van der Waals surface area contributed by atoms with Gasteiger partial charge in [-0.2, -0.15) is 8.75 Å². The second kappa shape index (κ2) is 4.03. The molecule has 5 heteroatoms. The lowest BCUT2D eigenvalue weighted by atomic mass is 9.92. The third kappa shape index (κ3) is 2.01. The van der Waals surface area contributed by atoms with E-state index in [4.69, 9.17) is 11.6 Å². The van der Waals surface area contributed by atoms with Crippen molar-refractivity contribution in [3.05, 3.63) is 5.15 Å². The van der Waals surface area contributed by atoms with Crippen LogP contribution >= 0.6 is 23.3 Å². The molecule has 1 saturated heterocycles. The zero-order valence-electron chi connectivity index (χ0n) is 8.40. The van der Waals surface area contributed by atoms with Gasteiger partial charge in [0.15, 0.2) is 11.0 Å². The molecule has 1 aliphatic rings. The monoisotopic (exact) mass is 231 g/mol. The van der Waals surface area contributed by atoms with Gasteiger partial charge in [-0.25, -0.2) is 0 Å². The molecule has 3 nitrogen and oxygen atoms in total. The molecule has 0 bridgehead atoms. The summed E-state index contributed by atoms with van der Waals surface area (Å²) in [6, 6.07) is 0. The fourth-order valence-corrected chi connectivity index (χ4v) is 2.98. The standard InChI is InChI=1S/C9H14ClN3S/c1-6-3-7(2)5-13(4-6)9-8(10)11-14-12-9/h6-7H,3-5H2,1-2H3/t6-,7-/m0/s1. The first-order valence-corrected chi connectivity index (χ1v) is 6.00. The zero-order chi connectivity index (χ0) is 10.1. The smallest absolute Gasteiger partial charge is 0.187 e. The van der Waals surface area contributed by atoms with E-state index in [2.05, 4.69) is 27.5 Å². The van der Waals surface area contributed by atoms with Crippen LogP contribution in [0, 0.1) is 11.8 Å². The van der Waals surface area contributed by atoms with E-state index in [-0.39, 0.29) is 0 Å². The summed E-state index contributed by atoms with van der Waals surface area (Å²) in [5, 5.41) is 0.552. The molecule has 78 valence electrons. The van der Waals surface area contributed by atoms with Crippen LogP contribution in [0.15, 0.2) is 0 Å². The maximum atomic E-state index is 5.96. The lowest BCUT2D eigenvalue weighted by Crippen LogP contribution is -2.39. The summed E-state index contributed by atoms with van der Waals surface area (Å²) in [7, 11) is 0. The molecule has 1 aromatic rings. The van der Waals surface area contributed by atoms with Crippen molar-refractivity contribution in [1.82, 2.24) is 8.75 Å². The first kappa shape index (κ1) is 10.2. The van der Waals surface area contributed by atoms with E-state index in [1.165, 1.54) is 18.1 Å². The Morgan fingerprint density at radius 1 is 1.29 bits per heavy atom. The minimum absolute atomic E-state index is 0.552. The van der Waals surface area contributed by atoms with E-state index in [0.717, 1.165) is 30.7 Å². The molecule has 1 aromatic heterocycles. The number of aromatic nitrogens is 2. The summed E-state index contributed by atoms with van der Waals surface area (Å²) in [4.78, 5) is 2.25. The fraction of sp³-hybridized carbons (Fsp3) is 0.778. The Hall–Kier alpha value is -0.350. The van der Waals surface area contributed by atoms with Crippen LogP contribution in [0.25, 0.3) is 0 Å². The molecule has 1 fully saturated rings. The van der Waals surface area contributed by atoms with E-state index < -0.39 is 0 Å². The van der Waals surface area contributed by atoms with Gasteiger partial charge in [-0.05, 0) is 18.3 Å². The minimum atomic E-state index is 0.552. The number of nitrogens with zero attached hydrogens (tertiary/aromatic N) is 3. The number of halogens is 1. The van der Waals surface area contributed by atoms with Gasteiger partial charge in [-0.15, -0.1) is 0 Å². The van der Waals surface area contributed by atoms with Crippen molar-refractivity contribution >= 4 is 29.1 Å². The van der Waals surface area contributed by atoms with Crippen LogP contribution in [-0.2, 0) is 0 Å². The average Bonchev–Trinajstić information content (AvgIpc) is 2.49. The number of hydrogen-bond acceptors (Lipinski definition) is 4. The van der Waals surface area contributed by atoms with Gasteiger partial charge in [0, 0.05) is 13.1 Å². The van der Waals surface area contributed by atoms with Crippen molar-refractivity contribution in [2.75, 3.05) is 18.0 Å². The van der Waals surface area contributed by atoms with Gasteiger partial charge >= 0.3 is 0 Å². The highest BCUT2D eigenvalue weighted by molar-refractivity contribution is 6.99. The summed E-state index contributed by atoms with van der Waals surface area (Å²) in [5.41, 5.74) is 0. The van der Waals surface area contributed by atoms with Gasteiger partial charge < -0.3 is 4.90 Å².